The summed E-state index contributed by atoms with van der Waals surface area (Å²) in [5.41, 5.74) is 7.96. The molecule has 27 heavy (non-hydrogen) atoms. The zero-order valence-corrected chi connectivity index (χ0v) is 16.8. The number of piperidine rings is 1. The Morgan fingerprint density at radius 3 is 2.37 bits per heavy atom. The molecule has 1 aliphatic rings. The lowest BCUT2D eigenvalue weighted by atomic mass is 9.95. The summed E-state index contributed by atoms with van der Waals surface area (Å²) in [6, 6.07) is 7.24. The van der Waals surface area contributed by atoms with Gasteiger partial charge in [-0.2, -0.15) is 0 Å². The molecule has 0 aromatic heterocycles. The number of amides is 3. The zero-order valence-electron chi connectivity index (χ0n) is 16.8. The lowest BCUT2D eigenvalue weighted by Crippen LogP contribution is -2.53. The van der Waals surface area contributed by atoms with E-state index in [4.69, 9.17) is 5.73 Å². The highest BCUT2D eigenvalue weighted by Crippen LogP contribution is 2.18. The number of hydrogen-bond acceptors (Lipinski definition) is 3. The first-order chi connectivity index (χ1) is 12.9. The Kier molecular flexibility index (Phi) is 8.10. The Labute approximate surface area is 162 Å². The van der Waals surface area contributed by atoms with Gasteiger partial charge in [-0.1, -0.05) is 43.7 Å². The van der Waals surface area contributed by atoms with Crippen molar-refractivity contribution in [3.63, 3.8) is 0 Å². The number of urea groups is 1. The summed E-state index contributed by atoms with van der Waals surface area (Å²) in [7, 11) is 0. The van der Waals surface area contributed by atoms with Gasteiger partial charge in [-0.3, -0.25) is 4.79 Å². The molecule has 1 heterocycles. The molecule has 1 unspecified atom stereocenters. The summed E-state index contributed by atoms with van der Waals surface area (Å²) in [6.07, 6.45) is 2.51. The van der Waals surface area contributed by atoms with Crippen LogP contribution >= 0.6 is 0 Å². The van der Waals surface area contributed by atoms with E-state index in [0.29, 0.717) is 31.3 Å². The monoisotopic (exact) mass is 374 g/mol. The SMILES string of the molecule is Cc1ccc(CNC(=O)NC(CC(C)C)C(=O)N2CCC(CN)CC2)cc1. The van der Waals surface area contributed by atoms with Crippen LogP contribution in [0.25, 0.3) is 0 Å². The summed E-state index contributed by atoms with van der Waals surface area (Å²) >= 11 is 0. The number of rotatable bonds is 7. The van der Waals surface area contributed by atoms with Crippen molar-refractivity contribution in [3.8, 4) is 0 Å². The number of aryl methyl sites for hydroxylation is 1. The largest absolute Gasteiger partial charge is 0.341 e. The third-order valence-electron chi connectivity index (χ3n) is 5.14. The summed E-state index contributed by atoms with van der Waals surface area (Å²) in [5, 5.41) is 5.75. The molecule has 150 valence electrons. The van der Waals surface area contributed by atoms with Crippen molar-refractivity contribution in [2.75, 3.05) is 19.6 Å². The van der Waals surface area contributed by atoms with Crippen LogP contribution in [0.4, 0.5) is 4.79 Å². The maximum absolute atomic E-state index is 12.9. The van der Waals surface area contributed by atoms with Gasteiger partial charge in [0, 0.05) is 19.6 Å². The Morgan fingerprint density at radius 2 is 1.81 bits per heavy atom. The van der Waals surface area contributed by atoms with E-state index in [1.807, 2.05) is 36.1 Å². The van der Waals surface area contributed by atoms with Crippen LogP contribution in [0, 0.1) is 18.8 Å². The van der Waals surface area contributed by atoms with Crippen molar-refractivity contribution in [2.45, 2.75) is 52.6 Å². The first-order valence-corrected chi connectivity index (χ1v) is 9.97. The Bertz CT molecular complexity index is 607. The Balaban J connectivity index is 1.89. The molecule has 6 nitrogen and oxygen atoms in total. The van der Waals surface area contributed by atoms with Crippen LogP contribution in [0.15, 0.2) is 24.3 Å². The maximum atomic E-state index is 12.9. The first kappa shape index (κ1) is 21.2. The number of benzene rings is 1. The van der Waals surface area contributed by atoms with Crippen molar-refractivity contribution in [2.24, 2.45) is 17.6 Å². The Hall–Kier alpha value is -2.08. The number of carbonyl (C=O) groups excluding carboxylic acids is 2. The predicted octanol–water partition coefficient (Wildman–Crippen LogP) is 2.41. The number of carbonyl (C=O) groups is 2. The van der Waals surface area contributed by atoms with Crippen molar-refractivity contribution in [1.82, 2.24) is 15.5 Å². The molecule has 0 spiro atoms. The average Bonchev–Trinajstić information content (AvgIpc) is 2.66. The van der Waals surface area contributed by atoms with Gasteiger partial charge in [0.1, 0.15) is 6.04 Å². The van der Waals surface area contributed by atoms with Gasteiger partial charge < -0.3 is 21.3 Å². The summed E-state index contributed by atoms with van der Waals surface area (Å²) in [6.45, 7) is 8.72. The fourth-order valence-corrected chi connectivity index (χ4v) is 3.40. The van der Waals surface area contributed by atoms with Gasteiger partial charge in [0.15, 0.2) is 0 Å². The molecule has 1 fully saturated rings. The smallest absolute Gasteiger partial charge is 0.315 e. The van der Waals surface area contributed by atoms with Crippen molar-refractivity contribution in [1.29, 1.82) is 0 Å². The molecule has 3 amide bonds. The van der Waals surface area contributed by atoms with Gasteiger partial charge in [-0.15, -0.1) is 0 Å². The summed E-state index contributed by atoms with van der Waals surface area (Å²) < 4.78 is 0. The molecule has 0 saturated carbocycles. The molecule has 2 rings (SSSR count). The topological polar surface area (TPSA) is 87.5 Å². The highest BCUT2D eigenvalue weighted by atomic mass is 16.2. The van der Waals surface area contributed by atoms with E-state index in [2.05, 4.69) is 24.5 Å². The van der Waals surface area contributed by atoms with E-state index < -0.39 is 6.04 Å². The van der Waals surface area contributed by atoms with Crippen LogP contribution in [0.5, 0.6) is 0 Å². The van der Waals surface area contributed by atoms with Gasteiger partial charge >= 0.3 is 6.03 Å². The first-order valence-electron chi connectivity index (χ1n) is 9.97. The van der Waals surface area contributed by atoms with Crippen LogP contribution in [0.1, 0.15) is 44.2 Å². The molecular formula is C21H34N4O2. The number of hydrogen-bond donors (Lipinski definition) is 3. The van der Waals surface area contributed by atoms with Gasteiger partial charge in [0.25, 0.3) is 0 Å². The van der Waals surface area contributed by atoms with E-state index in [9.17, 15) is 9.59 Å². The lowest BCUT2D eigenvalue weighted by Gasteiger charge is -2.34. The van der Waals surface area contributed by atoms with Gasteiger partial charge in [-0.25, -0.2) is 4.79 Å². The summed E-state index contributed by atoms with van der Waals surface area (Å²) in [5.74, 6) is 0.839. The van der Waals surface area contributed by atoms with Crippen LogP contribution in [-0.2, 0) is 11.3 Å². The van der Waals surface area contributed by atoms with Crippen LogP contribution < -0.4 is 16.4 Å². The molecule has 0 aliphatic carbocycles. The Morgan fingerprint density at radius 1 is 1.19 bits per heavy atom. The van der Waals surface area contributed by atoms with E-state index in [-0.39, 0.29) is 11.9 Å². The fourth-order valence-electron chi connectivity index (χ4n) is 3.40. The van der Waals surface area contributed by atoms with E-state index in [1.165, 1.54) is 5.56 Å². The predicted molar refractivity (Wildman–Crippen MR) is 108 cm³/mol. The van der Waals surface area contributed by atoms with E-state index >= 15 is 0 Å². The van der Waals surface area contributed by atoms with Gasteiger partial charge in [0.2, 0.25) is 5.91 Å². The normalized spacial score (nSPS) is 16.3. The van der Waals surface area contributed by atoms with E-state index in [1.54, 1.807) is 0 Å². The lowest BCUT2D eigenvalue weighted by molar-refractivity contribution is -0.135. The standard InChI is InChI=1S/C21H34N4O2/c1-15(2)12-19(20(26)25-10-8-17(13-22)9-11-25)24-21(27)23-14-18-6-4-16(3)5-7-18/h4-7,15,17,19H,8-14,22H2,1-3H3,(H2,23,24,27). The van der Waals surface area contributed by atoms with Gasteiger partial charge in [0.05, 0.1) is 0 Å². The minimum absolute atomic E-state index is 0.0182. The second-order valence-corrected chi connectivity index (χ2v) is 8.00. The van der Waals surface area contributed by atoms with E-state index in [0.717, 1.165) is 31.5 Å². The summed E-state index contributed by atoms with van der Waals surface area (Å²) in [4.78, 5) is 27.2. The molecular weight excluding hydrogens is 340 g/mol. The second kappa shape index (κ2) is 10.3. The molecule has 4 N–H and O–H groups in total. The van der Waals surface area contributed by atoms with Gasteiger partial charge in [-0.05, 0) is 50.1 Å². The van der Waals surface area contributed by atoms with Crippen LogP contribution in [0.3, 0.4) is 0 Å². The molecule has 0 radical (unpaired) electrons. The molecule has 1 aromatic carbocycles. The third-order valence-corrected chi connectivity index (χ3v) is 5.14. The second-order valence-electron chi connectivity index (χ2n) is 8.00. The number of nitrogens with two attached hydrogens (primary N) is 1. The van der Waals surface area contributed by atoms with Crippen LogP contribution in [0.2, 0.25) is 0 Å². The fraction of sp³-hybridized carbons (Fsp3) is 0.619. The molecule has 0 bridgehead atoms. The molecule has 1 aliphatic heterocycles. The van der Waals surface area contributed by atoms with Crippen molar-refractivity contribution >= 4 is 11.9 Å². The molecule has 1 aromatic rings. The maximum Gasteiger partial charge on any atom is 0.315 e. The quantitative estimate of drug-likeness (QED) is 0.685. The number of nitrogens with zero attached hydrogens (tertiary/aromatic N) is 1. The average molecular weight is 375 g/mol. The number of nitrogens with one attached hydrogen (secondary N) is 2. The highest BCUT2D eigenvalue weighted by molar-refractivity contribution is 5.87. The van der Waals surface area contributed by atoms with Crippen molar-refractivity contribution in [3.05, 3.63) is 35.4 Å². The van der Waals surface area contributed by atoms with Crippen LogP contribution in [-0.4, -0.2) is 42.5 Å². The highest BCUT2D eigenvalue weighted by Gasteiger charge is 2.29. The zero-order chi connectivity index (χ0) is 19.8. The number of likely N-dealkylation sites (tertiary alicyclic amines) is 1. The minimum Gasteiger partial charge on any atom is -0.341 e. The third kappa shape index (κ3) is 6.86. The molecule has 1 atom stereocenters. The molecule has 1 saturated heterocycles. The minimum atomic E-state index is -0.488. The van der Waals surface area contributed by atoms with Crippen molar-refractivity contribution < 1.29 is 9.59 Å². The molecule has 6 heteroatoms.